The Labute approximate surface area is 243 Å². The molecule has 1 aromatic carbocycles. The van der Waals surface area contributed by atoms with Crippen molar-refractivity contribution in [2.24, 2.45) is 17.6 Å². The number of hydrogen-bond acceptors (Lipinski definition) is 9. The predicted octanol–water partition coefficient (Wildman–Crippen LogP) is 3.24. The van der Waals surface area contributed by atoms with Crippen molar-refractivity contribution in [3.05, 3.63) is 47.1 Å². The molecule has 5 N–H and O–H groups in total. The highest BCUT2D eigenvalue weighted by Crippen LogP contribution is 2.44. The summed E-state index contributed by atoms with van der Waals surface area (Å²) in [6.07, 6.45) is 5.22. The number of halogens is 1. The Bertz CT molecular complexity index is 1450. The summed E-state index contributed by atoms with van der Waals surface area (Å²) in [6.45, 7) is 7.15. The number of aromatic nitrogens is 3. The van der Waals surface area contributed by atoms with Crippen LogP contribution >= 0.6 is 11.6 Å². The number of H-pyrrole nitrogens is 1. The molecule has 0 spiro atoms. The molecule has 3 heterocycles. The Morgan fingerprint density at radius 3 is 2.73 bits per heavy atom. The fourth-order valence-corrected chi connectivity index (χ4v) is 6.61. The van der Waals surface area contributed by atoms with Gasteiger partial charge in [-0.2, -0.15) is 0 Å². The van der Waals surface area contributed by atoms with Crippen LogP contribution in [-0.4, -0.2) is 94.0 Å². The largest absolute Gasteiger partial charge is 0.496 e. The fourth-order valence-electron chi connectivity index (χ4n) is 6.41. The number of aliphatic hydroxyl groups is 1. The van der Waals surface area contributed by atoms with Crippen molar-refractivity contribution < 1.29 is 19.4 Å². The number of methoxy groups -OCH3 is 1. The van der Waals surface area contributed by atoms with E-state index in [0.717, 1.165) is 50.3 Å². The third-order valence-electron chi connectivity index (χ3n) is 8.33. The summed E-state index contributed by atoms with van der Waals surface area (Å²) in [6, 6.07) is 5.99. The maximum absolute atomic E-state index is 11.6. The van der Waals surface area contributed by atoms with Crippen molar-refractivity contribution >= 4 is 34.5 Å². The molecule has 5 atom stereocenters. The molecule has 0 unspecified atom stereocenters. The van der Waals surface area contributed by atoms with Crippen molar-refractivity contribution in [2.75, 3.05) is 45.2 Å². The molecule has 3 aliphatic rings. The minimum Gasteiger partial charge on any atom is -0.496 e. The van der Waals surface area contributed by atoms with Crippen LogP contribution in [0.15, 0.2) is 36.5 Å². The molecular formula is C29H36ClN7O4. The number of nitrogens with zero attached hydrogens (tertiary/aromatic N) is 4. The lowest BCUT2D eigenvalue weighted by Crippen LogP contribution is -2.47. The van der Waals surface area contributed by atoms with E-state index in [1.165, 1.54) is 0 Å². The average molecular weight is 582 g/mol. The van der Waals surface area contributed by atoms with E-state index in [-0.39, 0.29) is 30.1 Å². The number of β-amino-alcohol motifs (C(OH)–C–C–N with tert-alkyl or cyclic N) is 1. The highest BCUT2D eigenvalue weighted by molar-refractivity contribution is 6.34. The van der Waals surface area contributed by atoms with Gasteiger partial charge in [-0.25, -0.2) is 14.8 Å². The number of imidazole rings is 1. The van der Waals surface area contributed by atoms with Crippen LogP contribution < -0.4 is 15.8 Å². The number of carbonyl (C=O) groups excluding carboxylic acids is 1. The molecule has 3 aromatic rings. The molecule has 1 aliphatic heterocycles. The van der Waals surface area contributed by atoms with E-state index < -0.39 is 6.09 Å². The monoisotopic (exact) mass is 581 g/mol. The molecule has 1 amide bonds. The van der Waals surface area contributed by atoms with Crippen LogP contribution in [0.1, 0.15) is 18.9 Å². The Morgan fingerprint density at radius 2 is 2.00 bits per heavy atom. The first-order valence-electron chi connectivity index (χ1n) is 14.0. The molecule has 2 aromatic heterocycles. The van der Waals surface area contributed by atoms with E-state index in [1.54, 1.807) is 13.3 Å². The van der Waals surface area contributed by atoms with Gasteiger partial charge in [0.25, 0.3) is 0 Å². The number of anilines is 1. The van der Waals surface area contributed by atoms with Gasteiger partial charge in [-0.3, -0.25) is 9.80 Å². The van der Waals surface area contributed by atoms with E-state index in [4.69, 9.17) is 31.8 Å². The van der Waals surface area contributed by atoms with Crippen LogP contribution in [0.3, 0.4) is 0 Å². The highest BCUT2D eigenvalue weighted by atomic mass is 35.5. The first kappa shape index (κ1) is 27.8. The topological polar surface area (TPSA) is 142 Å². The number of hydrogen-bond donors (Lipinski definition) is 4. The number of amides is 1. The van der Waals surface area contributed by atoms with Crippen LogP contribution in [-0.2, 0) is 11.3 Å². The summed E-state index contributed by atoms with van der Waals surface area (Å²) >= 11 is 6.62. The molecule has 41 heavy (non-hydrogen) atoms. The number of rotatable bonds is 9. The van der Waals surface area contributed by atoms with Crippen molar-refractivity contribution in [3.63, 3.8) is 0 Å². The molecule has 1 saturated heterocycles. The van der Waals surface area contributed by atoms with E-state index in [0.29, 0.717) is 40.0 Å². The molecule has 2 aliphatic carbocycles. The van der Waals surface area contributed by atoms with Crippen LogP contribution in [0.2, 0.25) is 5.02 Å². The van der Waals surface area contributed by atoms with Gasteiger partial charge in [0.1, 0.15) is 23.2 Å². The molecule has 0 radical (unpaired) electrons. The van der Waals surface area contributed by atoms with E-state index in [1.807, 2.05) is 13.0 Å². The van der Waals surface area contributed by atoms with Crippen molar-refractivity contribution in [3.8, 4) is 17.1 Å². The molecular weight excluding hydrogens is 546 g/mol. The van der Waals surface area contributed by atoms with Gasteiger partial charge in [-0.15, -0.1) is 0 Å². The number of ether oxygens (including phenoxy) is 2. The molecule has 11 nitrogen and oxygen atoms in total. The molecule has 2 bridgehead atoms. The van der Waals surface area contributed by atoms with Crippen LogP contribution in [0.25, 0.3) is 22.6 Å². The van der Waals surface area contributed by atoms with Gasteiger partial charge in [0.15, 0.2) is 5.65 Å². The third kappa shape index (κ3) is 5.72. The quantitative estimate of drug-likeness (QED) is 0.280. The first-order valence-corrected chi connectivity index (χ1v) is 14.4. The second-order valence-corrected chi connectivity index (χ2v) is 11.7. The fraction of sp³-hybridized carbons (Fsp3) is 0.483. The van der Waals surface area contributed by atoms with Gasteiger partial charge >= 0.3 is 6.09 Å². The van der Waals surface area contributed by atoms with E-state index in [2.05, 4.69) is 49.4 Å². The molecule has 6 rings (SSSR count). The minimum atomic E-state index is -0.787. The summed E-state index contributed by atoms with van der Waals surface area (Å²) in [7, 11) is 1.66. The summed E-state index contributed by atoms with van der Waals surface area (Å²) in [5.74, 6) is 1.64. The zero-order chi connectivity index (χ0) is 28.7. The zero-order valence-corrected chi connectivity index (χ0v) is 24.0. The molecule has 2 fully saturated rings. The second kappa shape index (κ2) is 11.5. The smallest absolute Gasteiger partial charge is 0.404 e. The number of piperazine rings is 1. The second-order valence-electron chi connectivity index (χ2n) is 11.2. The maximum atomic E-state index is 11.6. The van der Waals surface area contributed by atoms with E-state index >= 15 is 0 Å². The standard InChI is InChI=1S/C29H36ClN7O4/c1-16(38)14-36-7-9-37(10-8-36)15-17-3-6-20(22(11-17)40-2)27-34-25-24(21(30)13-32-28(25)35-27)33-23-18-4-5-19(12-18)26(23)41-29(31)39/h3-6,11,13,16,18-19,23,26,38H,7-10,12,14-15H2,1-2H3,(H2,31,39)(H2,32,33,34,35)/t16-,18-,19+,23+,26-/m0/s1. The Hall–Kier alpha value is -3.38. The number of aliphatic hydroxyl groups excluding tert-OH is 1. The lowest BCUT2D eigenvalue weighted by molar-refractivity contribution is 0.0780. The van der Waals surface area contributed by atoms with Crippen LogP contribution in [0, 0.1) is 11.8 Å². The number of aromatic amines is 1. The number of benzene rings is 1. The van der Waals surface area contributed by atoms with Gasteiger partial charge in [-0.1, -0.05) is 29.8 Å². The van der Waals surface area contributed by atoms with Gasteiger partial charge in [0, 0.05) is 51.1 Å². The number of primary amides is 1. The number of nitrogens with two attached hydrogens (primary N) is 1. The van der Waals surface area contributed by atoms with Gasteiger partial charge in [0.05, 0.1) is 41.7 Å². The third-order valence-corrected chi connectivity index (χ3v) is 8.62. The number of pyridine rings is 1. The van der Waals surface area contributed by atoms with Gasteiger partial charge in [-0.05, 0) is 31.0 Å². The van der Waals surface area contributed by atoms with Crippen molar-refractivity contribution in [1.82, 2.24) is 24.8 Å². The summed E-state index contributed by atoms with van der Waals surface area (Å²) in [4.78, 5) is 29.0. The molecule has 1 saturated carbocycles. The minimum absolute atomic E-state index is 0.117. The molecule has 12 heteroatoms. The summed E-state index contributed by atoms with van der Waals surface area (Å²) in [5.41, 5.74) is 9.15. The van der Waals surface area contributed by atoms with E-state index in [9.17, 15) is 9.90 Å². The van der Waals surface area contributed by atoms with Gasteiger partial charge in [0.2, 0.25) is 0 Å². The van der Waals surface area contributed by atoms with Crippen molar-refractivity contribution in [2.45, 2.75) is 38.1 Å². The lowest BCUT2D eigenvalue weighted by atomic mass is 9.98. The highest BCUT2D eigenvalue weighted by Gasteiger charge is 2.47. The summed E-state index contributed by atoms with van der Waals surface area (Å²) < 4.78 is 11.3. The normalized spacial score (nSPS) is 25.1. The van der Waals surface area contributed by atoms with Crippen LogP contribution in [0.5, 0.6) is 5.75 Å². The number of nitrogens with one attached hydrogen (secondary N) is 2. The van der Waals surface area contributed by atoms with Crippen LogP contribution in [0.4, 0.5) is 10.5 Å². The molecule has 218 valence electrons. The Kier molecular flexibility index (Phi) is 7.78. The average Bonchev–Trinajstić information content (AvgIpc) is 3.67. The lowest BCUT2D eigenvalue weighted by Gasteiger charge is -2.35. The Balaban J connectivity index is 1.22. The first-order chi connectivity index (χ1) is 19.8. The van der Waals surface area contributed by atoms with Crippen molar-refractivity contribution in [1.29, 1.82) is 0 Å². The Morgan fingerprint density at radius 1 is 1.24 bits per heavy atom. The number of carbonyl (C=O) groups is 1. The summed E-state index contributed by atoms with van der Waals surface area (Å²) in [5, 5.41) is 13.6. The predicted molar refractivity (Wildman–Crippen MR) is 157 cm³/mol. The van der Waals surface area contributed by atoms with Gasteiger partial charge < -0.3 is 30.6 Å². The zero-order valence-electron chi connectivity index (χ0n) is 23.2. The SMILES string of the molecule is COc1cc(CN2CCN(C[C@H](C)O)CC2)ccc1-c1nc2c(N[C@H]3[C@@H](OC(N)=O)[C@@H]4C=C[C@H]3C4)c(Cl)cnc2[nH]1. The number of fused-ring (bicyclic) bond motifs is 3. The maximum Gasteiger partial charge on any atom is 0.404 e.